The summed E-state index contributed by atoms with van der Waals surface area (Å²) >= 11 is 25.3. The van der Waals surface area contributed by atoms with Gasteiger partial charge in [-0.1, -0.05) is 64.6 Å². The molecule has 7 aromatic heterocycles. The minimum atomic E-state index is -4.01. The number of sulfonamides is 4. The van der Waals surface area contributed by atoms with Crippen molar-refractivity contribution >= 4 is 156 Å². The Labute approximate surface area is 719 Å². The number of carbonyl (C=O) groups is 3. The zero-order chi connectivity index (χ0) is 87.2. The summed E-state index contributed by atoms with van der Waals surface area (Å²) in [6.45, 7) is 15.0. The summed E-state index contributed by atoms with van der Waals surface area (Å²) in [7, 11) is -12.6. The first kappa shape index (κ1) is 92.2. The van der Waals surface area contributed by atoms with Crippen LogP contribution in [0.2, 0.25) is 20.1 Å². The molecule has 0 spiro atoms. The Bertz CT molecular complexity index is 6050. The molecule has 626 valence electrons. The number of hydrogen-bond donors (Lipinski definition) is 6. The van der Waals surface area contributed by atoms with Gasteiger partial charge < -0.3 is 34.9 Å². The summed E-state index contributed by atoms with van der Waals surface area (Å²) in [5.74, 6) is 1.34. The number of carbonyl (C=O) groups excluding carboxylic acids is 3. The highest BCUT2D eigenvalue weighted by atomic mass is 35.5. The van der Waals surface area contributed by atoms with Crippen LogP contribution in [0.4, 0.5) is 39.9 Å². The van der Waals surface area contributed by atoms with Crippen LogP contribution in [0, 0.1) is 0 Å². The molecular formula is C82H80Cl4N14O15S5. The average molecular weight is 1800 g/mol. The van der Waals surface area contributed by atoms with Crippen LogP contribution in [0.25, 0.3) is 0 Å². The van der Waals surface area contributed by atoms with Crippen LogP contribution in [-0.2, 0) is 40.1 Å². The molecule has 7 heterocycles. The smallest absolute Gasteiger partial charge is 0.278 e. The van der Waals surface area contributed by atoms with Crippen LogP contribution in [0.3, 0.4) is 0 Å². The van der Waals surface area contributed by atoms with E-state index in [9.17, 15) is 48.1 Å². The second kappa shape index (κ2) is 41.8. The molecule has 0 bridgehead atoms. The number of ether oxygens (including phenoxy) is 4. The van der Waals surface area contributed by atoms with Gasteiger partial charge in [-0.15, -0.1) is 0 Å². The minimum Gasteiger partial charge on any atom is -0.491 e. The monoisotopic (exact) mass is 1800 g/mol. The van der Waals surface area contributed by atoms with Gasteiger partial charge in [-0.05, 0) is 237 Å². The van der Waals surface area contributed by atoms with Gasteiger partial charge in [-0.2, -0.15) is 0 Å². The van der Waals surface area contributed by atoms with E-state index in [2.05, 4.69) is 59.1 Å². The topological polar surface area (TPSA) is 404 Å². The molecule has 7 N–H and O–H groups in total. The van der Waals surface area contributed by atoms with E-state index in [0.29, 0.717) is 55.3 Å². The summed E-state index contributed by atoms with van der Waals surface area (Å²) in [4.78, 5) is 68.9. The predicted octanol–water partition coefficient (Wildman–Crippen LogP) is 17.0. The summed E-state index contributed by atoms with van der Waals surface area (Å²) in [5, 5.41) is 4.86. The van der Waals surface area contributed by atoms with Crippen molar-refractivity contribution in [2.24, 2.45) is 0 Å². The van der Waals surface area contributed by atoms with Gasteiger partial charge in [0, 0.05) is 86.2 Å². The molecule has 12 aromatic rings. The van der Waals surface area contributed by atoms with Crippen LogP contribution in [0.1, 0.15) is 98.0 Å². The number of pyridine rings is 7. The van der Waals surface area contributed by atoms with Gasteiger partial charge >= 0.3 is 0 Å². The number of halogens is 4. The Hall–Kier alpha value is -11.7. The summed E-state index contributed by atoms with van der Waals surface area (Å²) < 4.78 is 135. The number of nitrogens with one attached hydrogen (secondary N) is 5. The summed E-state index contributed by atoms with van der Waals surface area (Å²) in [6, 6.07) is 47.9. The second-order valence-corrected chi connectivity index (χ2v) is 35.9. The van der Waals surface area contributed by atoms with Crippen molar-refractivity contribution in [1.29, 1.82) is 0 Å². The summed E-state index contributed by atoms with van der Waals surface area (Å²) in [5.41, 5.74) is 7.18. The number of ketones is 2. The first-order chi connectivity index (χ1) is 56.8. The van der Waals surface area contributed by atoms with Crippen molar-refractivity contribution in [2.75, 3.05) is 48.9 Å². The fourth-order valence-corrected chi connectivity index (χ4v) is 16.0. The molecule has 0 aliphatic rings. The highest BCUT2D eigenvalue weighted by molar-refractivity contribution is 7.99. The van der Waals surface area contributed by atoms with E-state index in [4.69, 9.17) is 71.1 Å². The van der Waals surface area contributed by atoms with E-state index in [1.54, 1.807) is 130 Å². The Balaban J connectivity index is 0.000000182. The van der Waals surface area contributed by atoms with Gasteiger partial charge in [0.2, 0.25) is 11.6 Å². The van der Waals surface area contributed by atoms with Gasteiger partial charge in [0.25, 0.3) is 46.0 Å². The molecule has 0 saturated carbocycles. The highest BCUT2D eigenvalue weighted by Crippen LogP contribution is 2.35. The van der Waals surface area contributed by atoms with E-state index in [-0.39, 0.29) is 110 Å². The van der Waals surface area contributed by atoms with Crippen LogP contribution >= 0.6 is 58.2 Å². The standard InChI is InChI=1S/2C21H21ClN4O4S.C21H20ClN3O4S.C19H18ClN3O3S2/c1-13(2)30-16-5-7-17(8-6-16)31(28,29)26-18-10-15(22)12-25-20(18)21(27)14-4-9-19(23-3)24-11-14;1-14(2)30-17-4-6-18(7-5-17)31(28,29)25-19-12-15(22)13-24-20(19)21(27)26(3)16-8-10-23-11-9-16;1-13(2)29-17-6-8-18(9-7-17)30(27,28)25-19-11-15(22)12-24-20(19)21(26)14-4-3-5-16(23)10-14;1-13(2)26-15-6-8-16(9-7-15)28(24,25)23-17-11-14(20)12-22-19(17)27-18-5-3-4-10-21-18/h4-13,26H,1-3H3,(H,23,24);4-14,25H,1-3H3;3-13,25H,23H2,1-2H3;3-13,23H,1-2H3. The molecule has 12 rings (SSSR count). The Morgan fingerprint density at radius 1 is 0.400 bits per heavy atom. The third kappa shape index (κ3) is 26.6. The van der Waals surface area contributed by atoms with Crippen LogP contribution in [0.5, 0.6) is 23.0 Å². The fourth-order valence-electron chi connectivity index (χ4n) is 10.3. The number of anilines is 7. The molecule has 120 heavy (non-hydrogen) atoms. The zero-order valence-corrected chi connectivity index (χ0v) is 72.8. The van der Waals surface area contributed by atoms with Crippen molar-refractivity contribution in [3.8, 4) is 23.0 Å². The molecule has 0 unspecified atom stereocenters. The van der Waals surface area contributed by atoms with Crippen molar-refractivity contribution in [2.45, 2.75) is 109 Å². The molecule has 0 atom stereocenters. The van der Waals surface area contributed by atoms with Gasteiger partial charge in [0.15, 0.2) is 5.69 Å². The molecule has 0 saturated heterocycles. The lowest BCUT2D eigenvalue weighted by Crippen LogP contribution is -2.28. The highest BCUT2D eigenvalue weighted by Gasteiger charge is 2.28. The predicted molar refractivity (Wildman–Crippen MR) is 466 cm³/mol. The molecule has 0 aliphatic heterocycles. The third-order valence-corrected chi connectivity index (χ3v) is 23.0. The zero-order valence-electron chi connectivity index (χ0n) is 65.7. The number of nitrogens with zero attached hydrogens (tertiary/aromatic N) is 8. The van der Waals surface area contributed by atoms with E-state index in [0.717, 1.165) is 0 Å². The lowest BCUT2D eigenvalue weighted by Gasteiger charge is -2.19. The maximum atomic E-state index is 13.0. The molecule has 38 heteroatoms. The largest absolute Gasteiger partial charge is 0.491 e. The maximum absolute atomic E-state index is 13.0. The van der Waals surface area contributed by atoms with Gasteiger partial charge in [-0.25, -0.2) is 63.6 Å². The van der Waals surface area contributed by atoms with Crippen molar-refractivity contribution in [1.82, 2.24) is 34.9 Å². The molecule has 0 aliphatic carbocycles. The van der Waals surface area contributed by atoms with Gasteiger partial charge in [0.1, 0.15) is 50.3 Å². The van der Waals surface area contributed by atoms with Crippen LogP contribution < -0.4 is 53.8 Å². The molecule has 0 radical (unpaired) electrons. The lowest BCUT2D eigenvalue weighted by molar-refractivity contribution is 0.0987. The van der Waals surface area contributed by atoms with Gasteiger partial charge in [-0.3, -0.25) is 38.3 Å². The number of nitrogen functional groups attached to an aromatic ring is 1. The second-order valence-electron chi connectivity index (χ2n) is 26.4. The molecule has 0 fully saturated rings. The van der Waals surface area contributed by atoms with E-state index in [1.165, 1.54) is 127 Å². The molecule has 29 nitrogen and oxygen atoms in total. The number of aromatic nitrogens is 7. The Morgan fingerprint density at radius 3 is 1.14 bits per heavy atom. The van der Waals surface area contributed by atoms with Crippen molar-refractivity contribution in [3.05, 3.63) is 286 Å². The first-order valence-corrected chi connectivity index (χ1v) is 44.3. The average Bonchev–Trinajstić information content (AvgIpc) is 0.806. The number of benzene rings is 5. The quantitative estimate of drug-likeness (QED) is 0.0187. The fraction of sp³-hybridized carbons (Fsp3) is 0.171. The van der Waals surface area contributed by atoms with E-state index < -0.39 is 57.6 Å². The molecule has 5 aromatic carbocycles. The lowest BCUT2D eigenvalue weighted by atomic mass is 10.1. The molecular weight excluding hydrogens is 1720 g/mol. The van der Waals surface area contributed by atoms with Crippen LogP contribution in [0.15, 0.2) is 267 Å². The number of nitrogens with two attached hydrogens (primary N) is 1. The third-order valence-electron chi connectivity index (χ3n) is 15.6. The van der Waals surface area contributed by atoms with Crippen molar-refractivity contribution < 1.29 is 67.0 Å². The normalized spacial score (nSPS) is 11.3. The van der Waals surface area contributed by atoms with Crippen molar-refractivity contribution in [3.63, 3.8) is 0 Å². The Kier molecular flexibility index (Phi) is 32.1. The number of rotatable bonds is 29. The van der Waals surface area contributed by atoms with E-state index in [1.807, 2.05) is 67.5 Å². The van der Waals surface area contributed by atoms with E-state index >= 15 is 0 Å². The first-order valence-electron chi connectivity index (χ1n) is 36.0. The minimum absolute atomic E-state index is 0.000867. The Morgan fingerprint density at radius 2 is 0.775 bits per heavy atom. The number of hydrogen-bond acceptors (Lipinski definition) is 25. The molecule has 1 amide bonds. The SMILES string of the molecule is CC(C)Oc1ccc(S(=O)(=O)Nc2cc(Cl)cnc2C(=O)N(C)c2ccncc2)cc1.CC(C)Oc1ccc(S(=O)(=O)Nc2cc(Cl)cnc2C(=O)c2cccc(N)c2)cc1.CC(C)Oc1ccc(S(=O)(=O)Nc2cc(Cl)cnc2Sc2ccccn2)cc1.CNc1ccc(C(=O)c2ncc(Cl)cc2NS(=O)(=O)c2ccc(OC(C)C)cc2)cn1. The van der Waals surface area contributed by atoms with Gasteiger partial charge in [0.05, 0.1) is 86.8 Å². The van der Waals surface area contributed by atoms with Crippen LogP contribution in [-0.4, -0.2) is 125 Å². The summed E-state index contributed by atoms with van der Waals surface area (Å²) in [6.07, 6.45) is 11.3. The maximum Gasteiger partial charge on any atom is 0.278 e. The number of amides is 1.